The summed E-state index contributed by atoms with van der Waals surface area (Å²) in [4.78, 5) is 11.5. The number of carbonyl (C=O) groups is 1. The molecule has 0 bridgehead atoms. The highest BCUT2D eigenvalue weighted by Gasteiger charge is 2.07. The fourth-order valence-corrected chi connectivity index (χ4v) is 1.30. The number of amides is 1. The molecule has 0 saturated heterocycles. The zero-order valence-corrected chi connectivity index (χ0v) is 8.56. The number of furan rings is 1. The Hall–Kier alpha value is -2.24. The molecule has 0 aliphatic carbocycles. The average Bonchev–Trinajstić information content (AvgIpc) is 2.89. The first-order valence-electron chi connectivity index (χ1n) is 4.87. The fourth-order valence-electron chi connectivity index (χ4n) is 1.30. The number of nitrogens with one attached hydrogen (secondary N) is 2. The molecule has 0 saturated carbocycles. The molecule has 4 N–H and O–H groups in total. The van der Waals surface area contributed by atoms with Gasteiger partial charge in [0.2, 0.25) is 0 Å². The predicted molar refractivity (Wildman–Crippen MR) is 57.7 cm³/mol. The number of rotatable bonds is 4. The Balaban J connectivity index is 1.80. The van der Waals surface area contributed by atoms with Crippen LogP contribution in [0.25, 0.3) is 0 Å². The Morgan fingerprint density at radius 1 is 1.62 bits per heavy atom. The third kappa shape index (κ3) is 2.41. The standard InChI is InChI=1S/C10H12N4O2/c11-9-6-8(13-14-9)10(15)12-4-3-7-2-1-5-16-7/h1-2,5-6H,3-4H2,(H,12,15)(H3,11,13,14). The minimum Gasteiger partial charge on any atom is -0.469 e. The molecular weight excluding hydrogens is 208 g/mol. The normalized spacial score (nSPS) is 10.2. The second-order valence-corrected chi connectivity index (χ2v) is 3.29. The van der Waals surface area contributed by atoms with Crippen molar-refractivity contribution in [2.75, 3.05) is 12.3 Å². The molecule has 16 heavy (non-hydrogen) atoms. The number of hydrogen-bond donors (Lipinski definition) is 3. The van der Waals surface area contributed by atoms with Crippen LogP contribution < -0.4 is 11.1 Å². The van der Waals surface area contributed by atoms with Crippen LogP contribution in [0.1, 0.15) is 16.2 Å². The van der Waals surface area contributed by atoms with E-state index in [1.54, 1.807) is 6.26 Å². The van der Waals surface area contributed by atoms with Crippen molar-refractivity contribution in [1.29, 1.82) is 0 Å². The number of anilines is 1. The number of H-pyrrole nitrogens is 1. The topological polar surface area (TPSA) is 96.9 Å². The van der Waals surface area contributed by atoms with Crippen LogP contribution in [0.3, 0.4) is 0 Å². The third-order valence-corrected chi connectivity index (χ3v) is 2.08. The number of aromatic amines is 1. The zero-order chi connectivity index (χ0) is 11.4. The van der Waals surface area contributed by atoms with Gasteiger partial charge < -0.3 is 15.5 Å². The minimum atomic E-state index is -0.226. The Bertz CT molecular complexity index is 461. The molecule has 2 aromatic heterocycles. The number of nitrogens with zero attached hydrogens (tertiary/aromatic N) is 1. The fraction of sp³-hybridized carbons (Fsp3) is 0.200. The molecule has 2 rings (SSSR count). The van der Waals surface area contributed by atoms with Gasteiger partial charge in [0, 0.05) is 19.0 Å². The van der Waals surface area contributed by atoms with Crippen LogP contribution in [0.2, 0.25) is 0 Å². The highest BCUT2D eigenvalue weighted by atomic mass is 16.3. The van der Waals surface area contributed by atoms with Gasteiger partial charge in [0.1, 0.15) is 17.3 Å². The monoisotopic (exact) mass is 220 g/mol. The number of carbonyl (C=O) groups excluding carboxylic acids is 1. The van der Waals surface area contributed by atoms with Gasteiger partial charge in [-0.2, -0.15) is 5.10 Å². The Morgan fingerprint density at radius 2 is 2.50 bits per heavy atom. The van der Waals surface area contributed by atoms with E-state index in [9.17, 15) is 4.79 Å². The second-order valence-electron chi connectivity index (χ2n) is 3.29. The first kappa shape index (κ1) is 10.3. The van der Waals surface area contributed by atoms with Gasteiger partial charge in [-0.1, -0.05) is 0 Å². The van der Waals surface area contributed by atoms with E-state index in [2.05, 4.69) is 15.5 Å². The van der Waals surface area contributed by atoms with Gasteiger partial charge >= 0.3 is 0 Å². The number of hydrogen-bond acceptors (Lipinski definition) is 4. The van der Waals surface area contributed by atoms with E-state index in [-0.39, 0.29) is 5.91 Å². The summed E-state index contributed by atoms with van der Waals surface area (Å²) in [5, 5.41) is 8.93. The van der Waals surface area contributed by atoms with Crippen LogP contribution in [0.4, 0.5) is 5.82 Å². The predicted octanol–water partition coefficient (Wildman–Crippen LogP) is 0.557. The van der Waals surface area contributed by atoms with E-state index < -0.39 is 0 Å². The lowest BCUT2D eigenvalue weighted by Crippen LogP contribution is -2.25. The molecule has 0 radical (unpaired) electrons. The molecule has 0 aromatic carbocycles. The van der Waals surface area contributed by atoms with E-state index in [1.165, 1.54) is 6.07 Å². The quantitative estimate of drug-likeness (QED) is 0.701. The van der Waals surface area contributed by atoms with Crippen molar-refractivity contribution in [2.45, 2.75) is 6.42 Å². The summed E-state index contributed by atoms with van der Waals surface area (Å²) in [7, 11) is 0. The van der Waals surface area contributed by atoms with Crippen molar-refractivity contribution in [3.8, 4) is 0 Å². The molecule has 0 unspecified atom stereocenters. The van der Waals surface area contributed by atoms with Crippen LogP contribution in [-0.2, 0) is 6.42 Å². The smallest absolute Gasteiger partial charge is 0.269 e. The summed E-state index contributed by atoms with van der Waals surface area (Å²) in [5.74, 6) is 0.913. The molecule has 2 aromatic rings. The van der Waals surface area contributed by atoms with Crippen molar-refractivity contribution in [2.24, 2.45) is 0 Å². The van der Waals surface area contributed by atoms with Gasteiger partial charge in [-0.3, -0.25) is 9.89 Å². The maximum Gasteiger partial charge on any atom is 0.269 e. The van der Waals surface area contributed by atoms with Crippen LogP contribution >= 0.6 is 0 Å². The molecule has 6 nitrogen and oxygen atoms in total. The third-order valence-electron chi connectivity index (χ3n) is 2.08. The average molecular weight is 220 g/mol. The van der Waals surface area contributed by atoms with E-state index in [0.717, 1.165) is 5.76 Å². The zero-order valence-electron chi connectivity index (χ0n) is 8.56. The van der Waals surface area contributed by atoms with Gasteiger partial charge in [0.15, 0.2) is 0 Å². The molecule has 0 spiro atoms. The lowest BCUT2D eigenvalue weighted by atomic mass is 10.3. The van der Waals surface area contributed by atoms with Crippen molar-refractivity contribution in [3.05, 3.63) is 35.9 Å². The van der Waals surface area contributed by atoms with Crippen molar-refractivity contribution < 1.29 is 9.21 Å². The summed E-state index contributed by atoms with van der Waals surface area (Å²) in [6.45, 7) is 0.505. The molecule has 0 fully saturated rings. The van der Waals surface area contributed by atoms with Gasteiger partial charge in [-0.15, -0.1) is 0 Å². The Morgan fingerprint density at radius 3 is 3.12 bits per heavy atom. The van der Waals surface area contributed by atoms with E-state index >= 15 is 0 Å². The Kier molecular flexibility index (Phi) is 2.90. The largest absolute Gasteiger partial charge is 0.469 e. The van der Waals surface area contributed by atoms with E-state index in [0.29, 0.717) is 24.5 Å². The number of nitrogen functional groups attached to an aromatic ring is 1. The molecule has 0 aliphatic heterocycles. The summed E-state index contributed by atoms with van der Waals surface area (Å²) < 4.78 is 5.13. The van der Waals surface area contributed by atoms with E-state index in [4.69, 9.17) is 10.2 Å². The molecule has 84 valence electrons. The minimum absolute atomic E-state index is 0.226. The number of aromatic nitrogens is 2. The first-order valence-corrected chi connectivity index (χ1v) is 4.87. The van der Waals surface area contributed by atoms with Gasteiger partial charge in [0.25, 0.3) is 5.91 Å². The maximum absolute atomic E-state index is 11.5. The molecule has 0 aliphatic rings. The molecule has 2 heterocycles. The lowest BCUT2D eigenvalue weighted by Gasteiger charge is -2.00. The highest BCUT2D eigenvalue weighted by Crippen LogP contribution is 2.01. The highest BCUT2D eigenvalue weighted by molar-refractivity contribution is 5.92. The van der Waals surface area contributed by atoms with Crippen molar-refractivity contribution in [1.82, 2.24) is 15.5 Å². The Labute approximate surface area is 91.8 Å². The van der Waals surface area contributed by atoms with Crippen LogP contribution in [0.5, 0.6) is 0 Å². The van der Waals surface area contributed by atoms with E-state index in [1.807, 2.05) is 12.1 Å². The SMILES string of the molecule is Nc1cc(C(=O)NCCc2ccco2)[nH]n1. The van der Waals surface area contributed by atoms with Crippen LogP contribution in [-0.4, -0.2) is 22.6 Å². The summed E-state index contributed by atoms with van der Waals surface area (Å²) >= 11 is 0. The van der Waals surface area contributed by atoms with Gasteiger partial charge in [0.05, 0.1) is 6.26 Å². The lowest BCUT2D eigenvalue weighted by molar-refractivity contribution is 0.0948. The van der Waals surface area contributed by atoms with Crippen LogP contribution in [0, 0.1) is 0 Å². The number of nitrogens with two attached hydrogens (primary N) is 1. The first-order chi connectivity index (χ1) is 7.75. The van der Waals surface area contributed by atoms with Gasteiger partial charge in [-0.05, 0) is 12.1 Å². The summed E-state index contributed by atoms with van der Waals surface area (Å²) in [6, 6.07) is 5.16. The second kappa shape index (κ2) is 4.52. The molecule has 6 heteroatoms. The van der Waals surface area contributed by atoms with Crippen LogP contribution in [0.15, 0.2) is 28.9 Å². The molecule has 0 atom stereocenters. The maximum atomic E-state index is 11.5. The molecule has 1 amide bonds. The summed E-state index contributed by atoms with van der Waals surface area (Å²) in [6.07, 6.45) is 2.26. The van der Waals surface area contributed by atoms with Crippen molar-refractivity contribution in [3.63, 3.8) is 0 Å². The van der Waals surface area contributed by atoms with Gasteiger partial charge in [-0.25, -0.2) is 0 Å². The van der Waals surface area contributed by atoms with Crippen molar-refractivity contribution >= 4 is 11.7 Å². The summed E-state index contributed by atoms with van der Waals surface area (Å²) in [5.41, 5.74) is 5.74. The molecular formula is C10H12N4O2.